The number of halogens is 2. The van der Waals surface area contributed by atoms with Crippen molar-refractivity contribution in [2.45, 2.75) is 0 Å². The molecule has 0 amide bonds. The Morgan fingerprint density at radius 2 is 1.87 bits per heavy atom. The van der Waals surface area contributed by atoms with Crippen LogP contribution in [0.15, 0.2) is 42.5 Å². The summed E-state index contributed by atoms with van der Waals surface area (Å²) in [7, 11) is 0. The minimum Gasteiger partial charge on any atom is -0.507 e. The molecular weight excluding hydrogens is 215 g/mol. The van der Waals surface area contributed by atoms with E-state index in [0.717, 1.165) is 0 Å². The van der Waals surface area contributed by atoms with Crippen molar-refractivity contribution in [3.63, 3.8) is 0 Å². The number of rotatable bonds is 1. The Kier molecular flexibility index (Phi) is 2.60. The largest absolute Gasteiger partial charge is 0.507 e. The van der Waals surface area contributed by atoms with Gasteiger partial charge in [-0.2, -0.15) is 0 Å². The second kappa shape index (κ2) is 3.91. The molecule has 1 nitrogen and oxygen atoms in total. The summed E-state index contributed by atoms with van der Waals surface area (Å²) in [4.78, 5) is 0. The molecule has 0 radical (unpaired) electrons. The molecule has 0 unspecified atom stereocenters. The molecule has 0 aliphatic carbocycles. The van der Waals surface area contributed by atoms with Crippen LogP contribution in [0.1, 0.15) is 0 Å². The third-order valence-electron chi connectivity index (χ3n) is 2.09. The Hall–Kier alpha value is -1.54. The van der Waals surface area contributed by atoms with E-state index in [0.29, 0.717) is 16.1 Å². The molecule has 0 saturated carbocycles. The highest BCUT2D eigenvalue weighted by atomic mass is 35.5. The lowest BCUT2D eigenvalue weighted by Crippen LogP contribution is -1.81. The van der Waals surface area contributed by atoms with Gasteiger partial charge in [0.2, 0.25) is 0 Å². The zero-order valence-corrected chi connectivity index (χ0v) is 8.50. The molecule has 76 valence electrons. The number of hydrogen-bond acceptors (Lipinski definition) is 1. The van der Waals surface area contributed by atoms with Gasteiger partial charge in [0.05, 0.1) is 0 Å². The van der Waals surface area contributed by atoms with Crippen LogP contribution in [0, 0.1) is 5.82 Å². The lowest BCUT2D eigenvalue weighted by atomic mass is 10.0. The number of hydrogen-bond donors (Lipinski definition) is 1. The summed E-state index contributed by atoms with van der Waals surface area (Å²) >= 11 is 5.81. The van der Waals surface area contributed by atoms with Crippen LogP contribution in [0.2, 0.25) is 5.02 Å². The molecule has 0 aliphatic rings. The molecule has 0 saturated heterocycles. The van der Waals surface area contributed by atoms with Crippen LogP contribution in [0.3, 0.4) is 0 Å². The third-order valence-corrected chi connectivity index (χ3v) is 2.33. The molecular formula is C12H8ClFO. The van der Waals surface area contributed by atoms with Gasteiger partial charge in [0, 0.05) is 10.6 Å². The van der Waals surface area contributed by atoms with Crippen LogP contribution in [0.25, 0.3) is 11.1 Å². The maximum absolute atomic E-state index is 13.0. The van der Waals surface area contributed by atoms with Gasteiger partial charge in [-0.05, 0) is 35.9 Å². The van der Waals surface area contributed by atoms with Gasteiger partial charge in [0.15, 0.2) is 0 Å². The first-order valence-electron chi connectivity index (χ1n) is 4.41. The fraction of sp³-hybridized carbons (Fsp3) is 0. The zero-order valence-electron chi connectivity index (χ0n) is 7.74. The molecule has 0 fully saturated rings. The van der Waals surface area contributed by atoms with Crippen molar-refractivity contribution in [2.24, 2.45) is 0 Å². The molecule has 0 bridgehead atoms. The minimum absolute atomic E-state index is 0.0404. The smallest absolute Gasteiger partial charge is 0.124 e. The minimum atomic E-state index is -0.386. The van der Waals surface area contributed by atoms with E-state index in [1.807, 2.05) is 0 Å². The SMILES string of the molecule is Oc1ccc(F)cc1-c1cccc(Cl)c1. The molecule has 0 aliphatic heterocycles. The molecule has 0 aromatic heterocycles. The standard InChI is InChI=1S/C12H8ClFO/c13-9-3-1-2-8(6-9)11-7-10(14)4-5-12(11)15/h1-7,15H. The first kappa shape index (κ1) is 9.99. The summed E-state index contributed by atoms with van der Waals surface area (Å²) in [5.41, 5.74) is 1.14. The van der Waals surface area contributed by atoms with Crippen molar-refractivity contribution in [2.75, 3.05) is 0 Å². The number of benzene rings is 2. The molecule has 1 N–H and O–H groups in total. The van der Waals surface area contributed by atoms with Gasteiger partial charge in [0.25, 0.3) is 0 Å². The Labute approximate surface area is 91.8 Å². The van der Waals surface area contributed by atoms with Crippen molar-refractivity contribution in [3.05, 3.63) is 53.3 Å². The summed E-state index contributed by atoms with van der Waals surface area (Å²) in [6, 6.07) is 10.7. The van der Waals surface area contributed by atoms with Crippen LogP contribution in [0.4, 0.5) is 4.39 Å². The molecule has 2 rings (SSSR count). The van der Waals surface area contributed by atoms with Gasteiger partial charge in [-0.3, -0.25) is 0 Å². The highest BCUT2D eigenvalue weighted by molar-refractivity contribution is 6.30. The Morgan fingerprint density at radius 3 is 2.60 bits per heavy atom. The topological polar surface area (TPSA) is 20.2 Å². The normalized spacial score (nSPS) is 10.3. The predicted octanol–water partition coefficient (Wildman–Crippen LogP) is 3.85. The van der Waals surface area contributed by atoms with E-state index in [2.05, 4.69) is 0 Å². The average molecular weight is 223 g/mol. The summed E-state index contributed by atoms with van der Waals surface area (Å²) in [5.74, 6) is -0.346. The summed E-state index contributed by atoms with van der Waals surface area (Å²) < 4.78 is 13.0. The lowest BCUT2D eigenvalue weighted by Gasteiger charge is -2.05. The van der Waals surface area contributed by atoms with Crippen molar-refractivity contribution in [1.29, 1.82) is 0 Å². The summed E-state index contributed by atoms with van der Waals surface area (Å²) in [6.07, 6.45) is 0. The molecule has 0 heterocycles. The molecule has 2 aromatic carbocycles. The number of phenolic OH excluding ortho intramolecular Hbond substituents is 1. The van der Waals surface area contributed by atoms with Crippen LogP contribution in [0.5, 0.6) is 5.75 Å². The summed E-state index contributed by atoms with van der Waals surface area (Å²) in [6.45, 7) is 0. The maximum atomic E-state index is 13.0. The Bertz CT molecular complexity index is 497. The number of phenols is 1. The highest BCUT2D eigenvalue weighted by Crippen LogP contribution is 2.30. The second-order valence-corrected chi connectivity index (χ2v) is 3.61. The van der Waals surface area contributed by atoms with Crippen molar-refractivity contribution < 1.29 is 9.50 Å². The Balaban J connectivity index is 2.58. The van der Waals surface area contributed by atoms with Crippen molar-refractivity contribution in [3.8, 4) is 16.9 Å². The average Bonchev–Trinajstić information content (AvgIpc) is 2.22. The van der Waals surface area contributed by atoms with Crippen LogP contribution < -0.4 is 0 Å². The molecule has 3 heteroatoms. The fourth-order valence-electron chi connectivity index (χ4n) is 1.40. The third kappa shape index (κ3) is 2.10. The van der Waals surface area contributed by atoms with E-state index in [9.17, 15) is 9.50 Å². The predicted molar refractivity (Wildman–Crippen MR) is 58.5 cm³/mol. The molecule has 0 spiro atoms. The van der Waals surface area contributed by atoms with Gasteiger partial charge < -0.3 is 5.11 Å². The Morgan fingerprint density at radius 1 is 1.07 bits per heavy atom. The van der Waals surface area contributed by atoms with Crippen LogP contribution >= 0.6 is 11.6 Å². The molecule has 0 atom stereocenters. The van der Waals surface area contributed by atoms with E-state index in [1.54, 1.807) is 24.3 Å². The van der Waals surface area contributed by atoms with Gasteiger partial charge in [-0.15, -0.1) is 0 Å². The van der Waals surface area contributed by atoms with E-state index < -0.39 is 0 Å². The first-order valence-corrected chi connectivity index (χ1v) is 4.79. The van der Waals surface area contributed by atoms with E-state index >= 15 is 0 Å². The maximum Gasteiger partial charge on any atom is 0.124 e. The quantitative estimate of drug-likeness (QED) is 0.777. The van der Waals surface area contributed by atoms with E-state index in [4.69, 9.17) is 11.6 Å². The fourth-order valence-corrected chi connectivity index (χ4v) is 1.59. The molecule has 15 heavy (non-hydrogen) atoms. The first-order chi connectivity index (χ1) is 7.16. The molecule has 2 aromatic rings. The van der Waals surface area contributed by atoms with Crippen molar-refractivity contribution >= 4 is 11.6 Å². The monoisotopic (exact) mass is 222 g/mol. The van der Waals surface area contributed by atoms with Crippen LogP contribution in [-0.2, 0) is 0 Å². The lowest BCUT2D eigenvalue weighted by molar-refractivity contribution is 0.475. The highest BCUT2D eigenvalue weighted by Gasteiger charge is 2.05. The zero-order chi connectivity index (χ0) is 10.8. The van der Waals surface area contributed by atoms with E-state index in [1.165, 1.54) is 18.2 Å². The van der Waals surface area contributed by atoms with Gasteiger partial charge in [-0.1, -0.05) is 23.7 Å². The van der Waals surface area contributed by atoms with Gasteiger partial charge in [-0.25, -0.2) is 4.39 Å². The van der Waals surface area contributed by atoms with Gasteiger partial charge in [0.1, 0.15) is 11.6 Å². The van der Waals surface area contributed by atoms with E-state index in [-0.39, 0.29) is 11.6 Å². The van der Waals surface area contributed by atoms with Crippen molar-refractivity contribution in [1.82, 2.24) is 0 Å². The number of aromatic hydroxyl groups is 1. The van der Waals surface area contributed by atoms with Gasteiger partial charge >= 0.3 is 0 Å². The van der Waals surface area contributed by atoms with Crippen LogP contribution in [-0.4, -0.2) is 5.11 Å². The second-order valence-electron chi connectivity index (χ2n) is 3.17. The summed E-state index contributed by atoms with van der Waals surface area (Å²) in [5, 5.41) is 10.1.